The molecule has 0 aliphatic carbocycles. The molecular formula is C29H29F3N8O. The van der Waals surface area contributed by atoms with E-state index in [0.29, 0.717) is 53.0 Å². The van der Waals surface area contributed by atoms with Crippen molar-refractivity contribution in [2.24, 2.45) is 0 Å². The van der Waals surface area contributed by atoms with E-state index in [1.807, 2.05) is 24.9 Å². The molecule has 0 spiro atoms. The number of nitrogens with two attached hydrogens (primary N) is 1. The summed E-state index contributed by atoms with van der Waals surface area (Å²) in [6, 6.07) is 13.9. The van der Waals surface area contributed by atoms with Gasteiger partial charge in [0.2, 0.25) is 0 Å². The van der Waals surface area contributed by atoms with Crippen molar-refractivity contribution in [2.45, 2.75) is 13.1 Å². The number of halogens is 3. The van der Waals surface area contributed by atoms with Crippen molar-refractivity contribution < 1.29 is 18.0 Å². The number of benzene rings is 2. The maximum absolute atomic E-state index is 13.8. The van der Waals surface area contributed by atoms with Gasteiger partial charge in [0.1, 0.15) is 18.0 Å². The maximum atomic E-state index is 13.8. The topological polar surface area (TPSA) is 112 Å². The number of aromatic nitrogens is 3. The summed E-state index contributed by atoms with van der Waals surface area (Å²) in [4.78, 5) is 29.9. The highest BCUT2D eigenvalue weighted by atomic mass is 19.4. The third kappa shape index (κ3) is 6.55. The van der Waals surface area contributed by atoms with E-state index in [2.05, 4.69) is 30.5 Å². The number of amides is 1. The van der Waals surface area contributed by atoms with E-state index < -0.39 is 17.6 Å². The van der Waals surface area contributed by atoms with Crippen LogP contribution in [0.2, 0.25) is 0 Å². The minimum atomic E-state index is -4.59. The van der Waals surface area contributed by atoms with Gasteiger partial charge in [-0.1, -0.05) is 6.07 Å². The van der Waals surface area contributed by atoms with E-state index in [1.54, 1.807) is 36.5 Å². The molecule has 0 saturated carbocycles. The second-order valence-electron chi connectivity index (χ2n) is 9.89. The Kier molecular flexibility index (Phi) is 7.75. The number of nitrogen functional groups attached to an aromatic ring is 1. The second kappa shape index (κ2) is 11.4. The average Bonchev–Trinajstić information content (AvgIpc) is 2.95. The van der Waals surface area contributed by atoms with Crippen LogP contribution in [0.5, 0.6) is 0 Å². The Bertz CT molecular complexity index is 1570. The fourth-order valence-corrected chi connectivity index (χ4v) is 4.55. The number of aryl methyl sites for hydroxylation is 1. The molecule has 1 amide bonds. The van der Waals surface area contributed by atoms with Crippen molar-refractivity contribution in [3.63, 3.8) is 0 Å². The molecule has 9 nitrogen and oxygen atoms in total. The molecular weight excluding hydrogens is 533 g/mol. The van der Waals surface area contributed by atoms with E-state index in [1.165, 1.54) is 12.4 Å². The van der Waals surface area contributed by atoms with Crippen LogP contribution in [-0.2, 0) is 6.18 Å². The Hall–Kier alpha value is -4.71. The quantitative estimate of drug-likeness (QED) is 0.294. The van der Waals surface area contributed by atoms with Gasteiger partial charge in [0, 0.05) is 66.6 Å². The molecule has 4 aromatic rings. The van der Waals surface area contributed by atoms with Gasteiger partial charge in [0.15, 0.2) is 0 Å². The first-order valence-electron chi connectivity index (χ1n) is 12.9. The van der Waals surface area contributed by atoms with Gasteiger partial charge < -0.3 is 26.2 Å². The Labute approximate surface area is 235 Å². The van der Waals surface area contributed by atoms with Gasteiger partial charge in [-0.25, -0.2) is 15.0 Å². The third-order valence-corrected chi connectivity index (χ3v) is 6.90. The van der Waals surface area contributed by atoms with Crippen molar-refractivity contribution in [3.8, 4) is 11.3 Å². The fourth-order valence-electron chi connectivity index (χ4n) is 4.55. The van der Waals surface area contributed by atoms with Crippen LogP contribution in [0.25, 0.3) is 11.3 Å². The van der Waals surface area contributed by atoms with Gasteiger partial charge in [0.05, 0.1) is 11.3 Å². The number of hydrogen-bond donors (Lipinski definition) is 3. The second-order valence-corrected chi connectivity index (χ2v) is 9.89. The average molecular weight is 563 g/mol. The van der Waals surface area contributed by atoms with Crippen LogP contribution in [0, 0.1) is 6.92 Å². The molecule has 0 bridgehead atoms. The zero-order valence-corrected chi connectivity index (χ0v) is 22.5. The van der Waals surface area contributed by atoms with Crippen LogP contribution in [0.4, 0.5) is 41.9 Å². The molecule has 2 aromatic heterocycles. The lowest BCUT2D eigenvalue weighted by molar-refractivity contribution is -0.137. The summed E-state index contributed by atoms with van der Waals surface area (Å²) < 4.78 is 41.3. The number of nitrogens with zero attached hydrogens (tertiary/aromatic N) is 5. The number of alkyl halides is 3. The van der Waals surface area contributed by atoms with Crippen LogP contribution in [-0.4, -0.2) is 59.0 Å². The van der Waals surface area contributed by atoms with Crippen molar-refractivity contribution in [3.05, 3.63) is 83.8 Å². The van der Waals surface area contributed by atoms with Crippen LogP contribution >= 0.6 is 0 Å². The lowest BCUT2D eigenvalue weighted by Gasteiger charge is -2.34. The Morgan fingerprint density at radius 3 is 2.49 bits per heavy atom. The molecule has 1 aliphatic heterocycles. The first kappa shape index (κ1) is 27.8. The maximum Gasteiger partial charge on any atom is 0.416 e. The van der Waals surface area contributed by atoms with Gasteiger partial charge in [-0.05, 0) is 62.0 Å². The first-order valence-corrected chi connectivity index (χ1v) is 12.9. The van der Waals surface area contributed by atoms with Crippen LogP contribution in [0.1, 0.15) is 21.5 Å². The smallest absolute Gasteiger partial charge is 0.384 e. The van der Waals surface area contributed by atoms with E-state index in [0.717, 1.165) is 30.8 Å². The molecule has 1 aliphatic rings. The number of nitrogens with one attached hydrogen (secondary N) is 2. The lowest BCUT2D eigenvalue weighted by Crippen LogP contribution is -2.44. The number of piperazine rings is 1. The standard InChI is InChI=1S/C29H29F3N8O/c1-18-5-6-21(15-24(18)38-27-23(4-3-7-34-27)25-16-26(33)36-17-35-25)37-28(41)19-12-20(29(30,31)32)14-22(13-19)40-10-8-39(2)9-11-40/h3-7,12-17H,8-11H2,1-2H3,(H,34,38)(H,37,41)(H2,33,35,36). The number of likely N-dealkylation sites (N-methyl/N-ethyl adjacent to an activating group) is 1. The zero-order valence-electron chi connectivity index (χ0n) is 22.5. The largest absolute Gasteiger partial charge is 0.416 e. The molecule has 1 fully saturated rings. The summed E-state index contributed by atoms with van der Waals surface area (Å²) >= 11 is 0. The van der Waals surface area contributed by atoms with Crippen molar-refractivity contribution in [2.75, 3.05) is 54.5 Å². The number of anilines is 5. The molecule has 212 valence electrons. The van der Waals surface area contributed by atoms with Crippen molar-refractivity contribution in [1.29, 1.82) is 0 Å². The lowest BCUT2D eigenvalue weighted by atomic mass is 10.1. The molecule has 2 aromatic carbocycles. The van der Waals surface area contributed by atoms with Crippen molar-refractivity contribution >= 4 is 34.6 Å². The predicted octanol–water partition coefficient (Wildman–Crippen LogP) is 5.20. The van der Waals surface area contributed by atoms with Gasteiger partial charge in [0.25, 0.3) is 5.91 Å². The number of carbonyl (C=O) groups excluding carboxylic acids is 1. The van der Waals surface area contributed by atoms with E-state index in [4.69, 9.17) is 5.73 Å². The van der Waals surface area contributed by atoms with E-state index in [9.17, 15) is 18.0 Å². The number of carbonyl (C=O) groups is 1. The van der Waals surface area contributed by atoms with E-state index in [-0.39, 0.29) is 5.56 Å². The van der Waals surface area contributed by atoms with Gasteiger partial charge >= 0.3 is 6.18 Å². The highest BCUT2D eigenvalue weighted by Gasteiger charge is 2.32. The third-order valence-electron chi connectivity index (χ3n) is 6.90. The molecule has 3 heterocycles. The molecule has 0 atom stereocenters. The molecule has 0 radical (unpaired) electrons. The Balaban J connectivity index is 1.41. The predicted molar refractivity (Wildman–Crippen MR) is 153 cm³/mol. The molecule has 1 saturated heterocycles. The zero-order chi connectivity index (χ0) is 29.1. The molecule has 5 rings (SSSR count). The number of rotatable bonds is 6. The summed E-state index contributed by atoms with van der Waals surface area (Å²) in [6.45, 7) is 4.47. The van der Waals surface area contributed by atoms with E-state index >= 15 is 0 Å². The van der Waals surface area contributed by atoms with Gasteiger partial charge in [-0.15, -0.1) is 0 Å². The summed E-state index contributed by atoms with van der Waals surface area (Å²) in [5, 5.41) is 6.02. The number of hydrogen-bond acceptors (Lipinski definition) is 8. The van der Waals surface area contributed by atoms with Crippen molar-refractivity contribution in [1.82, 2.24) is 19.9 Å². The summed E-state index contributed by atoms with van der Waals surface area (Å²) in [5.41, 5.74) is 8.45. The highest BCUT2D eigenvalue weighted by Crippen LogP contribution is 2.34. The highest BCUT2D eigenvalue weighted by molar-refractivity contribution is 6.05. The first-order chi connectivity index (χ1) is 19.6. The van der Waals surface area contributed by atoms with Crippen LogP contribution in [0.15, 0.2) is 67.1 Å². The normalized spacial score (nSPS) is 14.1. The van der Waals surface area contributed by atoms with Crippen LogP contribution in [0.3, 0.4) is 0 Å². The SMILES string of the molecule is Cc1ccc(NC(=O)c2cc(N3CCN(C)CC3)cc(C(F)(F)F)c2)cc1Nc1ncccc1-c1cc(N)ncn1. The monoisotopic (exact) mass is 562 g/mol. The number of pyridine rings is 1. The minimum absolute atomic E-state index is 0.0720. The Morgan fingerprint density at radius 2 is 1.76 bits per heavy atom. The van der Waals surface area contributed by atoms with Gasteiger partial charge in [-0.2, -0.15) is 13.2 Å². The summed E-state index contributed by atoms with van der Waals surface area (Å²) in [6.07, 6.45) is -1.60. The van der Waals surface area contributed by atoms with Crippen LogP contribution < -0.4 is 21.3 Å². The summed E-state index contributed by atoms with van der Waals surface area (Å²) in [5.74, 6) is 0.180. The van der Waals surface area contributed by atoms with Gasteiger partial charge in [-0.3, -0.25) is 4.79 Å². The summed E-state index contributed by atoms with van der Waals surface area (Å²) in [7, 11) is 1.97. The molecule has 41 heavy (non-hydrogen) atoms. The molecule has 0 unspecified atom stereocenters. The fraction of sp³-hybridized carbons (Fsp3) is 0.241. The Morgan fingerprint density at radius 1 is 0.976 bits per heavy atom. The molecule has 4 N–H and O–H groups in total. The molecule has 12 heteroatoms. The minimum Gasteiger partial charge on any atom is -0.384 e.